The van der Waals surface area contributed by atoms with Crippen LogP contribution in [0.1, 0.15) is 26.7 Å². The summed E-state index contributed by atoms with van der Waals surface area (Å²) in [5.41, 5.74) is 5.81. The minimum Gasteiger partial charge on any atom is -0.494 e. The van der Waals surface area contributed by atoms with Gasteiger partial charge in [0.2, 0.25) is 0 Å². The van der Waals surface area contributed by atoms with Crippen LogP contribution in [0.4, 0.5) is 4.39 Å². The van der Waals surface area contributed by atoms with E-state index in [1.807, 2.05) is 0 Å². The molecule has 90 valence electrons. The van der Waals surface area contributed by atoms with Gasteiger partial charge in [-0.05, 0) is 49.1 Å². The Morgan fingerprint density at radius 1 is 1.25 bits per heavy atom. The van der Waals surface area contributed by atoms with Crippen LogP contribution in [0.5, 0.6) is 5.75 Å². The molecule has 3 heteroatoms. The Morgan fingerprint density at radius 3 is 2.44 bits per heavy atom. The van der Waals surface area contributed by atoms with E-state index in [2.05, 4.69) is 13.8 Å². The van der Waals surface area contributed by atoms with Gasteiger partial charge in [0, 0.05) is 0 Å². The zero-order valence-corrected chi connectivity index (χ0v) is 10.0. The molecule has 0 aliphatic carbocycles. The van der Waals surface area contributed by atoms with Gasteiger partial charge < -0.3 is 10.5 Å². The molecule has 0 spiro atoms. The van der Waals surface area contributed by atoms with Crippen LogP contribution < -0.4 is 10.5 Å². The van der Waals surface area contributed by atoms with Crippen LogP contribution in [0, 0.1) is 11.2 Å². The number of benzene rings is 1. The molecular weight excluding hydrogens is 205 g/mol. The molecule has 16 heavy (non-hydrogen) atoms. The maximum Gasteiger partial charge on any atom is 0.123 e. The molecule has 0 aliphatic heterocycles. The monoisotopic (exact) mass is 225 g/mol. The van der Waals surface area contributed by atoms with Crippen LogP contribution >= 0.6 is 0 Å². The number of hydrogen-bond donors (Lipinski definition) is 1. The Balaban J connectivity index is 2.23. The summed E-state index contributed by atoms with van der Waals surface area (Å²) in [4.78, 5) is 0. The Labute approximate surface area is 96.6 Å². The maximum atomic E-state index is 12.6. The molecule has 0 aromatic heterocycles. The molecule has 1 aromatic carbocycles. The van der Waals surface area contributed by atoms with Crippen LogP contribution in [0.15, 0.2) is 24.3 Å². The van der Waals surface area contributed by atoms with Crippen molar-refractivity contribution < 1.29 is 9.13 Å². The van der Waals surface area contributed by atoms with Crippen molar-refractivity contribution in [2.45, 2.75) is 26.7 Å². The highest BCUT2D eigenvalue weighted by atomic mass is 19.1. The van der Waals surface area contributed by atoms with Crippen LogP contribution in [0.3, 0.4) is 0 Å². The SMILES string of the molecule is CC(C)(CN)CCCOc1ccc(F)cc1. The van der Waals surface area contributed by atoms with Gasteiger partial charge in [-0.1, -0.05) is 13.8 Å². The van der Waals surface area contributed by atoms with Gasteiger partial charge in [0.15, 0.2) is 0 Å². The zero-order valence-electron chi connectivity index (χ0n) is 10.0. The molecule has 0 bridgehead atoms. The molecule has 1 aromatic rings. The minimum absolute atomic E-state index is 0.173. The van der Waals surface area contributed by atoms with E-state index >= 15 is 0 Å². The predicted octanol–water partition coefficient (Wildman–Crippen LogP) is 2.97. The molecule has 2 N–H and O–H groups in total. The van der Waals surface area contributed by atoms with E-state index in [4.69, 9.17) is 10.5 Å². The molecule has 0 unspecified atom stereocenters. The summed E-state index contributed by atoms with van der Waals surface area (Å²) in [5, 5.41) is 0. The van der Waals surface area contributed by atoms with Crippen molar-refractivity contribution in [1.29, 1.82) is 0 Å². The summed E-state index contributed by atoms with van der Waals surface area (Å²) >= 11 is 0. The van der Waals surface area contributed by atoms with E-state index in [1.165, 1.54) is 12.1 Å². The first-order valence-corrected chi connectivity index (χ1v) is 5.62. The Bertz CT molecular complexity index is 308. The van der Waals surface area contributed by atoms with E-state index in [1.54, 1.807) is 12.1 Å². The highest BCUT2D eigenvalue weighted by molar-refractivity contribution is 5.21. The van der Waals surface area contributed by atoms with Crippen LogP contribution in [0.2, 0.25) is 0 Å². The molecule has 0 radical (unpaired) electrons. The van der Waals surface area contributed by atoms with E-state index in [9.17, 15) is 4.39 Å². The number of ether oxygens (including phenoxy) is 1. The molecule has 0 atom stereocenters. The molecule has 0 fully saturated rings. The fourth-order valence-corrected chi connectivity index (χ4v) is 1.37. The van der Waals surface area contributed by atoms with Gasteiger partial charge in [-0.15, -0.1) is 0 Å². The summed E-state index contributed by atoms with van der Waals surface area (Å²) in [6.07, 6.45) is 1.99. The summed E-state index contributed by atoms with van der Waals surface area (Å²) < 4.78 is 18.1. The first-order chi connectivity index (χ1) is 7.53. The largest absolute Gasteiger partial charge is 0.494 e. The highest BCUT2D eigenvalue weighted by Gasteiger charge is 2.14. The first kappa shape index (κ1) is 13.0. The Hall–Kier alpha value is -1.09. The lowest BCUT2D eigenvalue weighted by atomic mass is 9.88. The lowest BCUT2D eigenvalue weighted by Crippen LogP contribution is -2.23. The fourth-order valence-electron chi connectivity index (χ4n) is 1.37. The van der Waals surface area contributed by atoms with Gasteiger partial charge in [-0.25, -0.2) is 4.39 Å². The fraction of sp³-hybridized carbons (Fsp3) is 0.538. The second kappa shape index (κ2) is 5.85. The van der Waals surface area contributed by atoms with Gasteiger partial charge in [0.1, 0.15) is 11.6 Å². The van der Waals surface area contributed by atoms with Crippen LogP contribution in [-0.2, 0) is 0 Å². The second-order valence-corrected chi connectivity index (χ2v) is 4.77. The van der Waals surface area contributed by atoms with Gasteiger partial charge in [-0.3, -0.25) is 0 Å². The van der Waals surface area contributed by atoms with Crippen molar-refractivity contribution >= 4 is 0 Å². The minimum atomic E-state index is -0.239. The summed E-state index contributed by atoms with van der Waals surface area (Å²) in [6.45, 7) is 5.62. The third-order valence-corrected chi connectivity index (χ3v) is 2.63. The number of rotatable bonds is 6. The Kier molecular flexibility index (Phi) is 4.74. The normalized spacial score (nSPS) is 11.5. The molecular formula is C13H20FNO. The smallest absolute Gasteiger partial charge is 0.123 e. The lowest BCUT2D eigenvalue weighted by molar-refractivity contribution is 0.261. The average molecular weight is 225 g/mol. The molecule has 0 saturated carbocycles. The van der Waals surface area contributed by atoms with Crippen molar-refractivity contribution in [3.8, 4) is 5.75 Å². The second-order valence-electron chi connectivity index (χ2n) is 4.77. The van der Waals surface area contributed by atoms with Gasteiger partial charge in [-0.2, -0.15) is 0 Å². The predicted molar refractivity (Wildman–Crippen MR) is 64.0 cm³/mol. The van der Waals surface area contributed by atoms with Crippen molar-refractivity contribution in [3.63, 3.8) is 0 Å². The van der Waals surface area contributed by atoms with Crippen molar-refractivity contribution in [2.75, 3.05) is 13.2 Å². The lowest BCUT2D eigenvalue weighted by Gasteiger charge is -2.21. The number of hydrogen-bond acceptors (Lipinski definition) is 2. The molecule has 0 amide bonds. The number of nitrogens with two attached hydrogens (primary N) is 1. The van der Waals surface area contributed by atoms with Crippen molar-refractivity contribution in [2.24, 2.45) is 11.1 Å². The topological polar surface area (TPSA) is 35.2 Å². The zero-order chi connectivity index (χ0) is 12.0. The summed E-state index contributed by atoms with van der Waals surface area (Å²) in [6, 6.07) is 6.09. The van der Waals surface area contributed by atoms with E-state index in [-0.39, 0.29) is 11.2 Å². The van der Waals surface area contributed by atoms with E-state index in [0.29, 0.717) is 18.9 Å². The number of halogens is 1. The van der Waals surface area contributed by atoms with Gasteiger partial charge in [0.25, 0.3) is 0 Å². The quantitative estimate of drug-likeness (QED) is 0.755. The van der Waals surface area contributed by atoms with Gasteiger partial charge >= 0.3 is 0 Å². The maximum absolute atomic E-state index is 12.6. The van der Waals surface area contributed by atoms with E-state index < -0.39 is 0 Å². The van der Waals surface area contributed by atoms with Gasteiger partial charge in [0.05, 0.1) is 6.61 Å². The molecule has 1 rings (SSSR count). The van der Waals surface area contributed by atoms with Crippen molar-refractivity contribution in [1.82, 2.24) is 0 Å². The Morgan fingerprint density at radius 2 is 1.88 bits per heavy atom. The molecule has 0 heterocycles. The molecule has 0 aliphatic rings. The first-order valence-electron chi connectivity index (χ1n) is 5.62. The third kappa shape index (κ3) is 4.62. The summed E-state index contributed by atoms with van der Waals surface area (Å²) in [5.74, 6) is 0.476. The van der Waals surface area contributed by atoms with Crippen LogP contribution in [0.25, 0.3) is 0 Å². The molecule has 0 saturated heterocycles. The molecule has 2 nitrogen and oxygen atoms in total. The van der Waals surface area contributed by atoms with Crippen molar-refractivity contribution in [3.05, 3.63) is 30.1 Å². The van der Waals surface area contributed by atoms with E-state index in [0.717, 1.165) is 12.8 Å². The van der Waals surface area contributed by atoms with Crippen LogP contribution in [-0.4, -0.2) is 13.2 Å². The average Bonchev–Trinajstić information content (AvgIpc) is 2.27. The third-order valence-electron chi connectivity index (χ3n) is 2.63. The standard InChI is InChI=1S/C13H20FNO/c1-13(2,10-15)8-3-9-16-12-6-4-11(14)5-7-12/h4-7H,3,8-10,15H2,1-2H3. The highest BCUT2D eigenvalue weighted by Crippen LogP contribution is 2.20. The summed E-state index contributed by atoms with van der Waals surface area (Å²) in [7, 11) is 0.